The number of rotatable bonds is 5. The lowest BCUT2D eigenvalue weighted by Crippen LogP contribution is -2.53. The number of aromatic amines is 1. The number of imidazole rings is 1. The number of fused-ring (bicyclic) bond motifs is 1. The standard InChI is InChI=1S/C24H29N5O2/c1-16(2)21(28-24(31)25-18-8-4-3-5-9-18)23(30)29-14-12-17(13-15-29)22-26-19-10-6-7-11-20(19)27-22/h3-11,16-17,21H,12-15H2,1-2H3,(H,26,27)(H2,25,28,31)/t21-/m0/s1. The third kappa shape index (κ3) is 4.87. The number of hydrogen-bond acceptors (Lipinski definition) is 3. The molecule has 0 bridgehead atoms. The Kier molecular flexibility index (Phi) is 6.21. The van der Waals surface area contributed by atoms with E-state index in [0.29, 0.717) is 24.7 Å². The Balaban J connectivity index is 1.35. The number of para-hydroxylation sites is 3. The summed E-state index contributed by atoms with van der Waals surface area (Å²) in [5.41, 5.74) is 2.72. The van der Waals surface area contributed by atoms with Gasteiger partial charge in [0.2, 0.25) is 5.91 Å². The first-order chi connectivity index (χ1) is 15.0. The zero-order valence-electron chi connectivity index (χ0n) is 18.0. The molecule has 7 nitrogen and oxygen atoms in total. The largest absolute Gasteiger partial charge is 0.342 e. The van der Waals surface area contributed by atoms with Crippen LogP contribution < -0.4 is 10.6 Å². The summed E-state index contributed by atoms with van der Waals surface area (Å²) in [5, 5.41) is 5.66. The fraction of sp³-hybridized carbons (Fsp3) is 0.375. The molecule has 1 fully saturated rings. The van der Waals surface area contributed by atoms with E-state index in [1.807, 2.05) is 73.3 Å². The summed E-state index contributed by atoms with van der Waals surface area (Å²) in [6, 6.07) is 16.3. The molecule has 3 aromatic rings. The Hall–Kier alpha value is -3.35. The van der Waals surface area contributed by atoms with Crippen molar-refractivity contribution in [2.45, 2.75) is 38.6 Å². The van der Waals surface area contributed by atoms with Crippen molar-refractivity contribution in [3.63, 3.8) is 0 Å². The van der Waals surface area contributed by atoms with Crippen molar-refractivity contribution in [3.8, 4) is 0 Å². The summed E-state index contributed by atoms with van der Waals surface area (Å²) in [5.74, 6) is 1.26. The van der Waals surface area contributed by atoms with Gasteiger partial charge in [-0.2, -0.15) is 0 Å². The van der Waals surface area contributed by atoms with Crippen LogP contribution in [-0.2, 0) is 4.79 Å². The molecule has 3 N–H and O–H groups in total. The molecule has 1 atom stereocenters. The molecule has 3 amide bonds. The van der Waals surface area contributed by atoms with Gasteiger partial charge in [-0.05, 0) is 43.0 Å². The lowest BCUT2D eigenvalue weighted by atomic mass is 9.94. The molecule has 31 heavy (non-hydrogen) atoms. The summed E-state index contributed by atoms with van der Waals surface area (Å²) < 4.78 is 0. The maximum absolute atomic E-state index is 13.2. The van der Waals surface area contributed by atoms with Crippen molar-refractivity contribution in [2.75, 3.05) is 18.4 Å². The fourth-order valence-corrected chi connectivity index (χ4v) is 4.08. The average molecular weight is 420 g/mol. The van der Waals surface area contributed by atoms with Crippen molar-refractivity contribution in [3.05, 3.63) is 60.4 Å². The molecular formula is C24H29N5O2. The molecule has 1 saturated heterocycles. The van der Waals surface area contributed by atoms with Crippen LogP contribution in [0.4, 0.5) is 10.5 Å². The van der Waals surface area contributed by atoms with Crippen LogP contribution in [0.3, 0.4) is 0 Å². The van der Waals surface area contributed by atoms with E-state index in [4.69, 9.17) is 4.98 Å². The van der Waals surface area contributed by atoms with Gasteiger partial charge < -0.3 is 20.5 Å². The van der Waals surface area contributed by atoms with Gasteiger partial charge in [-0.1, -0.05) is 44.2 Å². The van der Waals surface area contributed by atoms with E-state index in [1.165, 1.54) is 0 Å². The van der Waals surface area contributed by atoms with E-state index in [2.05, 4.69) is 15.6 Å². The quantitative estimate of drug-likeness (QED) is 0.581. The zero-order chi connectivity index (χ0) is 21.8. The first kappa shape index (κ1) is 20.9. The van der Waals surface area contributed by atoms with Crippen molar-refractivity contribution in [2.24, 2.45) is 5.92 Å². The molecule has 0 aliphatic carbocycles. The highest BCUT2D eigenvalue weighted by atomic mass is 16.2. The van der Waals surface area contributed by atoms with Crippen LogP contribution in [0.1, 0.15) is 38.4 Å². The number of H-pyrrole nitrogens is 1. The fourth-order valence-electron chi connectivity index (χ4n) is 4.08. The van der Waals surface area contributed by atoms with E-state index in [1.54, 1.807) is 0 Å². The Morgan fingerprint density at radius 1 is 1.03 bits per heavy atom. The number of carbonyl (C=O) groups excluding carboxylic acids is 2. The normalized spacial score (nSPS) is 15.8. The minimum Gasteiger partial charge on any atom is -0.342 e. The monoisotopic (exact) mass is 419 g/mol. The molecule has 7 heteroatoms. The Morgan fingerprint density at radius 2 is 1.71 bits per heavy atom. The second kappa shape index (κ2) is 9.20. The molecule has 1 aromatic heterocycles. The molecule has 0 unspecified atom stereocenters. The second-order valence-corrected chi connectivity index (χ2v) is 8.42. The van der Waals surface area contributed by atoms with Crippen LogP contribution in [-0.4, -0.2) is 45.9 Å². The molecular weight excluding hydrogens is 390 g/mol. The molecule has 1 aliphatic rings. The van der Waals surface area contributed by atoms with Gasteiger partial charge in [-0.3, -0.25) is 4.79 Å². The van der Waals surface area contributed by atoms with Crippen LogP contribution >= 0.6 is 0 Å². The van der Waals surface area contributed by atoms with Crippen molar-refractivity contribution in [1.82, 2.24) is 20.2 Å². The molecule has 162 valence electrons. The minimum absolute atomic E-state index is 0.0119. The van der Waals surface area contributed by atoms with Crippen LogP contribution in [0.5, 0.6) is 0 Å². The van der Waals surface area contributed by atoms with Gasteiger partial charge in [-0.15, -0.1) is 0 Å². The number of piperidine rings is 1. The number of benzene rings is 2. The molecule has 1 aliphatic heterocycles. The smallest absolute Gasteiger partial charge is 0.319 e. The van der Waals surface area contributed by atoms with Crippen molar-refractivity contribution >= 4 is 28.7 Å². The SMILES string of the molecule is CC(C)[C@H](NC(=O)Nc1ccccc1)C(=O)N1CCC(c2nc3ccccc3[nH]2)CC1. The van der Waals surface area contributed by atoms with Gasteiger partial charge >= 0.3 is 6.03 Å². The van der Waals surface area contributed by atoms with E-state index < -0.39 is 6.04 Å². The van der Waals surface area contributed by atoms with Crippen molar-refractivity contribution in [1.29, 1.82) is 0 Å². The number of urea groups is 1. The maximum Gasteiger partial charge on any atom is 0.319 e. The Morgan fingerprint density at radius 3 is 2.39 bits per heavy atom. The third-order valence-electron chi connectivity index (χ3n) is 5.85. The number of likely N-dealkylation sites (tertiary alicyclic amines) is 1. The molecule has 2 aromatic carbocycles. The predicted octanol–water partition coefficient (Wildman–Crippen LogP) is 4.12. The first-order valence-corrected chi connectivity index (χ1v) is 10.9. The summed E-state index contributed by atoms with van der Waals surface area (Å²) in [7, 11) is 0. The molecule has 2 heterocycles. The highest BCUT2D eigenvalue weighted by Crippen LogP contribution is 2.28. The number of nitrogens with zero attached hydrogens (tertiary/aromatic N) is 2. The number of amides is 3. The lowest BCUT2D eigenvalue weighted by Gasteiger charge is -2.34. The van der Waals surface area contributed by atoms with E-state index in [9.17, 15) is 9.59 Å². The van der Waals surface area contributed by atoms with Gasteiger partial charge in [-0.25, -0.2) is 9.78 Å². The van der Waals surface area contributed by atoms with E-state index >= 15 is 0 Å². The van der Waals surface area contributed by atoms with Gasteiger partial charge in [0.05, 0.1) is 11.0 Å². The number of anilines is 1. The lowest BCUT2D eigenvalue weighted by molar-refractivity contribution is -0.135. The highest BCUT2D eigenvalue weighted by molar-refractivity contribution is 5.93. The van der Waals surface area contributed by atoms with Gasteiger partial charge in [0.1, 0.15) is 11.9 Å². The molecule has 0 radical (unpaired) electrons. The summed E-state index contributed by atoms with van der Waals surface area (Å²) in [6.07, 6.45) is 1.71. The van der Waals surface area contributed by atoms with Gasteiger partial charge in [0.25, 0.3) is 0 Å². The van der Waals surface area contributed by atoms with E-state index in [0.717, 1.165) is 29.7 Å². The minimum atomic E-state index is -0.563. The molecule has 0 saturated carbocycles. The summed E-state index contributed by atoms with van der Waals surface area (Å²) >= 11 is 0. The molecule has 0 spiro atoms. The van der Waals surface area contributed by atoms with Crippen LogP contribution in [0.25, 0.3) is 11.0 Å². The van der Waals surface area contributed by atoms with Gasteiger partial charge in [0, 0.05) is 24.7 Å². The second-order valence-electron chi connectivity index (χ2n) is 8.42. The number of hydrogen-bond donors (Lipinski definition) is 3. The maximum atomic E-state index is 13.2. The summed E-state index contributed by atoms with van der Waals surface area (Å²) in [6.45, 7) is 5.22. The van der Waals surface area contributed by atoms with Crippen LogP contribution in [0.15, 0.2) is 54.6 Å². The Bertz CT molecular complexity index is 1010. The zero-order valence-corrected chi connectivity index (χ0v) is 18.0. The topological polar surface area (TPSA) is 90.1 Å². The third-order valence-corrected chi connectivity index (χ3v) is 5.85. The first-order valence-electron chi connectivity index (χ1n) is 10.9. The highest BCUT2D eigenvalue weighted by Gasteiger charge is 2.32. The van der Waals surface area contributed by atoms with Crippen LogP contribution in [0.2, 0.25) is 0 Å². The number of nitrogens with one attached hydrogen (secondary N) is 3. The van der Waals surface area contributed by atoms with Crippen molar-refractivity contribution < 1.29 is 9.59 Å². The Labute approximate surface area is 182 Å². The average Bonchev–Trinajstić information content (AvgIpc) is 3.22. The molecule has 4 rings (SSSR count). The van der Waals surface area contributed by atoms with Gasteiger partial charge in [0.15, 0.2) is 0 Å². The summed E-state index contributed by atoms with van der Waals surface area (Å²) in [4.78, 5) is 35.6. The number of aromatic nitrogens is 2. The van der Waals surface area contributed by atoms with E-state index in [-0.39, 0.29) is 17.9 Å². The predicted molar refractivity (Wildman–Crippen MR) is 122 cm³/mol. The number of carbonyl (C=O) groups is 2. The van der Waals surface area contributed by atoms with Crippen LogP contribution in [0, 0.1) is 5.92 Å².